The molecule has 0 bridgehead atoms. The van der Waals surface area contributed by atoms with Crippen LogP contribution < -0.4 is 5.32 Å². The number of methoxy groups -OCH3 is 1. The van der Waals surface area contributed by atoms with Crippen molar-refractivity contribution in [1.29, 1.82) is 0 Å². The van der Waals surface area contributed by atoms with Gasteiger partial charge in [-0.3, -0.25) is 4.79 Å². The molecule has 0 aliphatic rings. The first kappa shape index (κ1) is 15.8. The number of ether oxygens (including phenoxy) is 1. The number of hydrogen-bond acceptors (Lipinski definition) is 5. The zero-order valence-electron chi connectivity index (χ0n) is 11.8. The molecule has 1 amide bonds. The fraction of sp³-hybridized carbons (Fsp3) is 0.429. The van der Waals surface area contributed by atoms with E-state index in [4.69, 9.17) is 4.74 Å². The normalized spacial score (nSPS) is 13.3. The first-order valence-electron chi connectivity index (χ1n) is 6.27. The average molecular weight is 281 g/mol. The number of rotatable bonds is 5. The minimum absolute atomic E-state index is 0.145. The Balaban J connectivity index is 2.96. The Labute approximate surface area is 117 Å². The zero-order valence-corrected chi connectivity index (χ0v) is 11.8. The lowest BCUT2D eigenvalue weighted by atomic mass is 9.95. The van der Waals surface area contributed by atoms with Gasteiger partial charge in [0.1, 0.15) is 5.54 Å². The van der Waals surface area contributed by atoms with Crippen LogP contribution in [-0.2, 0) is 9.53 Å². The van der Waals surface area contributed by atoms with Crippen LogP contribution in [0.15, 0.2) is 18.2 Å². The van der Waals surface area contributed by atoms with E-state index < -0.39 is 23.2 Å². The third kappa shape index (κ3) is 3.40. The van der Waals surface area contributed by atoms with Gasteiger partial charge in [0.05, 0.1) is 7.11 Å². The van der Waals surface area contributed by atoms with Crippen LogP contribution in [-0.4, -0.2) is 34.7 Å². The van der Waals surface area contributed by atoms with E-state index in [1.54, 1.807) is 6.92 Å². The highest BCUT2D eigenvalue weighted by Crippen LogP contribution is 2.25. The highest BCUT2D eigenvalue weighted by atomic mass is 16.5. The largest absolute Gasteiger partial charge is 0.504 e. The first-order chi connectivity index (χ1) is 9.34. The first-order valence-corrected chi connectivity index (χ1v) is 6.27. The number of phenols is 2. The molecule has 0 aliphatic heterocycles. The molecule has 6 nitrogen and oxygen atoms in total. The highest BCUT2D eigenvalue weighted by molar-refractivity contribution is 5.98. The topological polar surface area (TPSA) is 95.9 Å². The Kier molecular flexibility index (Phi) is 4.96. The summed E-state index contributed by atoms with van der Waals surface area (Å²) in [7, 11) is 1.26. The molecule has 0 spiro atoms. The Bertz CT molecular complexity index is 514. The summed E-state index contributed by atoms with van der Waals surface area (Å²) in [5.74, 6) is -1.77. The summed E-state index contributed by atoms with van der Waals surface area (Å²) < 4.78 is 4.70. The number of amides is 1. The van der Waals surface area contributed by atoms with Gasteiger partial charge in [-0.15, -0.1) is 0 Å². The Morgan fingerprint density at radius 2 is 1.95 bits per heavy atom. The van der Waals surface area contributed by atoms with Gasteiger partial charge in [0.25, 0.3) is 5.91 Å². The standard InChI is InChI=1S/C14H19NO5/c1-4-7-14(2,13(19)20-3)15-12(18)9-5-6-10(16)11(17)8-9/h5-6,8,16-17H,4,7H2,1-3H3,(H,15,18). The van der Waals surface area contributed by atoms with Crippen molar-refractivity contribution >= 4 is 11.9 Å². The van der Waals surface area contributed by atoms with Gasteiger partial charge in [-0.25, -0.2) is 4.79 Å². The van der Waals surface area contributed by atoms with E-state index in [-0.39, 0.29) is 11.3 Å². The second-order valence-corrected chi connectivity index (χ2v) is 4.73. The molecule has 1 aromatic carbocycles. The smallest absolute Gasteiger partial charge is 0.331 e. The summed E-state index contributed by atoms with van der Waals surface area (Å²) in [5, 5.41) is 21.2. The van der Waals surface area contributed by atoms with Crippen LogP contribution in [0.4, 0.5) is 0 Å². The van der Waals surface area contributed by atoms with Crippen molar-refractivity contribution in [2.24, 2.45) is 0 Å². The van der Waals surface area contributed by atoms with Crippen molar-refractivity contribution in [3.8, 4) is 11.5 Å². The van der Waals surface area contributed by atoms with Crippen LogP contribution in [0.3, 0.4) is 0 Å². The second-order valence-electron chi connectivity index (χ2n) is 4.73. The number of carbonyl (C=O) groups excluding carboxylic acids is 2. The molecule has 0 heterocycles. The van der Waals surface area contributed by atoms with Gasteiger partial charge in [0, 0.05) is 5.56 Å². The molecule has 6 heteroatoms. The van der Waals surface area contributed by atoms with Crippen LogP contribution in [0.25, 0.3) is 0 Å². The molecular formula is C14H19NO5. The molecule has 110 valence electrons. The van der Waals surface area contributed by atoms with Gasteiger partial charge < -0.3 is 20.3 Å². The Hall–Kier alpha value is -2.24. The van der Waals surface area contributed by atoms with E-state index in [1.807, 2.05) is 6.92 Å². The van der Waals surface area contributed by atoms with E-state index in [1.165, 1.54) is 19.2 Å². The monoisotopic (exact) mass is 281 g/mol. The van der Waals surface area contributed by atoms with Crippen LogP contribution in [0.5, 0.6) is 11.5 Å². The predicted octanol–water partition coefficient (Wildman–Crippen LogP) is 1.56. The molecule has 0 radical (unpaired) electrons. The van der Waals surface area contributed by atoms with Crippen molar-refractivity contribution in [3.63, 3.8) is 0 Å². The lowest BCUT2D eigenvalue weighted by molar-refractivity contribution is -0.147. The van der Waals surface area contributed by atoms with Gasteiger partial charge in [-0.05, 0) is 31.5 Å². The quantitative estimate of drug-likeness (QED) is 0.562. The van der Waals surface area contributed by atoms with Crippen LogP contribution in [0, 0.1) is 0 Å². The fourth-order valence-electron chi connectivity index (χ4n) is 1.93. The van der Waals surface area contributed by atoms with E-state index in [9.17, 15) is 19.8 Å². The van der Waals surface area contributed by atoms with Crippen molar-refractivity contribution < 1.29 is 24.5 Å². The summed E-state index contributed by atoms with van der Waals surface area (Å²) in [6.45, 7) is 3.47. The van der Waals surface area contributed by atoms with Gasteiger partial charge in [-0.2, -0.15) is 0 Å². The molecule has 1 unspecified atom stereocenters. The van der Waals surface area contributed by atoms with Gasteiger partial charge in [-0.1, -0.05) is 13.3 Å². The summed E-state index contributed by atoms with van der Waals surface area (Å²) in [4.78, 5) is 23.9. The molecule has 0 saturated heterocycles. The molecule has 20 heavy (non-hydrogen) atoms. The van der Waals surface area contributed by atoms with Crippen LogP contribution in [0.1, 0.15) is 37.0 Å². The maximum absolute atomic E-state index is 12.1. The van der Waals surface area contributed by atoms with E-state index in [0.717, 1.165) is 6.07 Å². The number of nitrogens with one attached hydrogen (secondary N) is 1. The summed E-state index contributed by atoms with van der Waals surface area (Å²) in [5.41, 5.74) is -0.986. The lowest BCUT2D eigenvalue weighted by Gasteiger charge is -2.27. The SMILES string of the molecule is CCCC(C)(NC(=O)c1ccc(O)c(O)c1)C(=O)OC. The minimum Gasteiger partial charge on any atom is -0.504 e. The van der Waals surface area contributed by atoms with E-state index >= 15 is 0 Å². The molecule has 3 N–H and O–H groups in total. The van der Waals surface area contributed by atoms with Crippen LogP contribution in [0.2, 0.25) is 0 Å². The third-order valence-electron chi connectivity index (χ3n) is 3.01. The molecule has 1 rings (SSSR count). The molecule has 0 fully saturated rings. The molecule has 1 aromatic rings. The maximum atomic E-state index is 12.1. The number of carbonyl (C=O) groups is 2. The maximum Gasteiger partial charge on any atom is 0.331 e. The number of benzene rings is 1. The zero-order chi connectivity index (χ0) is 15.3. The fourth-order valence-corrected chi connectivity index (χ4v) is 1.93. The number of esters is 1. The number of phenolic OH excluding ortho intramolecular Hbond substituents is 2. The van der Waals surface area contributed by atoms with Crippen molar-refractivity contribution in [2.75, 3.05) is 7.11 Å². The molecule has 0 aliphatic carbocycles. The van der Waals surface area contributed by atoms with E-state index in [0.29, 0.717) is 12.8 Å². The average Bonchev–Trinajstić information content (AvgIpc) is 2.40. The van der Waals surface area contributed by atoms with E-state index in [2.05, 4.69) is 5.32 Å². The Morgan fingerprint density at radius 3 is 2.45 bits per heavy atom. The van der Waals surface area contributed by atoms with Crippen molar-refractivity contribution in [3.05, 3.63) is 23.8 Å². The molecule has 0 saturated carbocycles. The summed E-state index contributed by atoms with van der Waals surface area (Å²) in [6.07, 6.45) is 1.11. The Morgan fingerprint density at radius 1 is 1.30 bits per heavy atom. The summed E-state index contributed by atoms with van der Waals surface area (Å²) >= 11 is 0. The van der Waals surface area contributed by atoms with Gasteiger partial charge in [0.2, 0.25) is 0 Å². The molecule has 0 aromatic heterocycles. The number of aromatic hydroxyl groups is 2. The number of hydrogen-bond donors (Lipinski definition) is 3. The molecule has 1 atom stereocenters. The third-order valence-corrected chi connectivity index (χ3v) is 3.01. The van der Waals surface area contributed by atoms with Gasteiger partial charge >= 0.3 is 5.97 Å². The van der Waals surface area contributed by atoms with Crippen molar-refractivity contribution in [1.82, 2.24) is 5.32 Å². The lowest BCUT2D eigenvalue weighted by Crippen LogP contribution is -2.52. The highest BCUT2D eigenvalue weighted by Gasteiger charge is 2.35. The minimum atomic E-state index is -1.13. The van der Waals surface area contributed by atoms with Gasteiger partial charge in [0.15, 0.2) is 11.5 Å². The second kappa shape index (κ2) is 6.27. The molecular weight excluding hydrogens is 262 g/mol. The summed E-state index contributed by atoms with van der Waals surface area (Å²) in [6, 6.07) is 3.70. The van der Waals surface area contributed by atoms with Crippen molar-refractivity contribution in [2.45, 2.75) is 32.2 Å². The predicted molar refractivity (Wildman–Crippen MR) is 72.6 cm³/mol. The van der Waals surface area contributed by atoms with Crippen LogP contribution >= 0.6 is 0 Å².